The Hall–Kier alpha value is -4.92. The first-order valence-electron chi connectivity index (χ1n) is 13.3. The predicted molar refractivity (Wildman–Crippen MR) is 153 cm³/mol. The van der Waals surface area contributed by atoms with Crippen LogP contribution in [-0.4, -0.2) is 57.4 Å². The minimum absolute atomic E-state index is 0.0318. The van der Waals surface area contributed by atoms with Crippen molar-refractivity contribution < 1.29 is 14.0 Å². The molecule has 0 unspecified atom stereocenters. The minimum Gasteiger partial charge on any atom is -0.467 e. The van der Waals surface area contributed by atoms with Crippen molar-refractivity contribution in [2.24, 2.45) is 7.05 Å². The zero-order valence-corrected chi connectivity index (χ0v) is 22.5. The summed E-state index contributed by atoms with van der Waals surface area (Å²) >= 11 is 0. The lowest BCUT2D eigenvalue weighted by Gasteiger charge is -2.35. The van der Waals surface area contributed by atoms with Crippen LogP contribution in [0.2, 0.25) is 0 Å². The number of amides is 2. The number of carbonyl (C=O) groups excluding carboxylic acids is 2. The van der Waals surface area contributed by atoms with Gasteiger partial charge in [0.2, 0.25) is 0 Å². The van der Waals surface area contributed by atoms with Gasteiger partial charge in [-0.05, 0) is 36.8 Å². The Morgan fingerprint density at radius 2 is 1.75 bits per heavy atom. The SMILES string of the molecule is Cc1ccc2c(c1)c(C(=O)N1CCN(c3cnc(C(=O)NCc4ccco4)cn3)CC1)c(-c1ccccc1)n2C. The van der Waals surface area contributed by atoms with Gasteiger partial charge in [-0.25, -0.2) is 9.97 Å². The molecule has 5 aromatic rings. The van der Waals surface area contributed by atoms with Gasteiger partial charge in [0, 0.05) is 44.1 Å². The molecule has 0 bridgehead atoms. The second-order valence-electron chi connectivity index (χ2n) is 9.97. The van der Waals surface area contributed by atoms with Gasteiger partial charge in [0.15, 0.2) is 0 Å². The number of nitrogens with one attached hydrogen (secondary N) is 1. The van der Waals surface area contributed by atoms with E-state index in [0.29, 0.717) is 37.8 Å². The molecular formula is C31H30N6O3. The summed E-state index contributed by atoms with van der Waals surface area (Å²) in [4.78, 5) is 39.3. The molecule has 4 heterocycles. The van der Waals surface area contributed by atoms with E-state index in [4.69, 9.17) is 4.42 Å². The fourth-order valence-corrected chi connectivity index (χ4v) is 5.28. The second-order valence-corrected chi connectivity index (χ2v) is 9.97. The highest BCUT2D eigenvalue weighted by Gasteiger charge is 2.29. The number of hydrogen-bond acceptors (Lipinski definition) is 6. The number of furan rings is 1. The Morgan fingerprint density at radius 3 is 2.45 bits per heavy atom. The van der Waals surface area contributed by atoms with Crippen molar-refractivity contribution >= 4 is 28.5 Å². The number of hydrogen-bond donors (Lipinski definition) is 1. The number of aryl methyl sites for hydroxylation is 2. The van der Waals surface area contributed by atoms with E-state index in [2.05, 4.69) is 62.0 Å². The number of benzene rings is 2. The average Bonchev–Trinajstić information content (AvgIpc) is 3.62. The van der Waals surface area contributed by atoms with Gasteiger partial charge in [0.05, 0.1) is 36.5 Å². The standard InChI is InChI=1S/C31H30N6O3/c1-21-10-11-26-24(17-21)28(29(35(26)2)22-7-4-3-5-8-22)31(39)37-14-12-36(13-15-37)27-20-32-25(19-33-27)30(38)34-18-23-9-6-16-40-23/h3-11,16-17,19-20H,12-15,18H2,1-2H3,(H,34,38). The highest BCUT2D eigenvalue weighted by Crippen LogP contribution is 2.35. The quantitative estimate of drug-likeness (QED) is 0.346. The molecule has 0 saturated carbocycles. The number of anilines is 1. The molecule has 2 aromatic carbocycles. The summed E-state index contributed by atoms with van der Waals surface area (Å²) in [5, 5.41) is 3.75. The summed E-state index contributed by atoms with van der Waals surface area (Å²) in [5.41, 5.74) is 5.09. The van der Waals surface area contributed by atoms with Gasteiger partial charge in [-0.2, -0.15) is 0 Å². The Bertz CT molecular complexity index is 1650. The van der Waals surface area contributed by atoms with Crippen LogP contribution in [-0.2, 0) is 13.6 Å². The molecule has 9 heteroatoms. The fourth-order valence-electron chi connectivity index (χ4n) is 5.28. The van der Waals surface area contributed by atoms with Crippen LogP contribution < -0.4 is 10.2 Å². The van der Waals surface area contributed by atoms with Crippen molar-refractivity contribution in [2.75, 3.05) is 31.1 Å². The highest BCUT2D eigenvalue weighted by molar-refractivity contribution is 6.13. The average molecular weight is 535 g/mol. The normalized spacial score (nSPS) is 13.6. The first kappa shape index (κ1) is 25.4. The van der Waals surface area contributed by atoms with E-state index >= 15 is 0 Å². The van der Waals surface area contributed by atoms with Crippen molar-refractivity contribution in [3.63, 3.8) is 0 Å². The van der Waals surface area contributed by atoms with Crippen molar-refractivity contribution in [1.82, 2.24) is 24.8 Å². The molecule has 9 nitrogen and oxygen atoms in total. The number of nitrogens with zero attached hydrogens (tertiary/aromatic N) is 5. The summed E-state index contributed by atoms with van der Waals surface area (Å²) in [6, 6.07) is 19.9. The summed E-state index contributed by atoms with van der Waals surface area (Å²) < 4.78 is 7.36. The lowest BCUT2D eigenvalue weighted by Crippen LogP contribution is -2.49. The molecule has 1 aliphatic heterocycles. The fraction of sp³-hybridized carbons (Fsp3) is 0.226. The van der Waals surface area contributed by atoms with Crippen molar-refractivity contribution in [1.29, 1.82) is 0 Å². The molecule has 1 N–H and O–H groups in total. The predicted octanol–water partition coefficient (Wildman–Crippen LogP) is 4.43. The van der Waals surface area contributed by atoms with Gasteiger partial charge in [0.1, 0.15) is 17.3 Å². The van der Waals surface area contributed by atoms with Crippen molar-refractivity contribution in [2.45, 2.75) is 13.5 Å². The lowest BCUT2D eigenvalue weighted by atomic mass is 10.0. The number of rotatable bonds is 6. The van der Waals surface area contributed by atoms with Crippen LogP contribution in [0.1, 0.15) is 32.2 Å². The van der Waals surface area contributed by atoms with E-state index in [-0.39, 0.29) is 24.1 Å². The molecule has 6 rings (SSSR count). The molecule has 40 heavy (non-hydrogen) atoms. The zero-order valence-electron chi connectivity index (χ0n) is 22.5. The van der Waals surface area contributed by atoms with Crippen LogP contribution in [0.4, 0.5) is 5.82 Å². The Balaban J connectivity index is 1.17. The van der Waals surface area contributed by atoms with E-state index in [1.807, 2.05) is 30.1 Å². The topological polar surface area (TPSA) is 96.5 Å². The zero-order chi connectivity index (χ0) is 27.6. The maximum absolute atomic E-state index is 14.1. The third-order valence-electron chi connectivity index (χ3n) is 7.38. The molecule has 1 fully saturated rings. The summed E-state index contributed by atoms with van der Waals surface area (Å²) in [5.74, 6) is 1.06. The van der Waals surface area contributed by atoms with Crippen molar-refractivity contribution in [3.8, 4) is 11.3 Å². The number of carbonyl (C=O) groups is 2. The van der Waals surface area contributed by atoms with Gasteiger partial charge in [-0.15, -0.1) is 0 Å². The first-order chi connectivity index (χ1) is 19.5. The molecule has 1 aliphatic rings. The second kappa shape index (κ2) is 10.7. The van der Waals surface area contributed by atoms with Gasteiger partial charge >= 0.3 is 0 Å². The third-order valence-corrected chi connectivity index (χ3v) is 7.38. The Kier molecular flexibility index (Phi) is 6.77. The van der Waals surface area contributed by atoms with Crippen LogP contribution >= 0.6 is 0 Å². The number of fused-ring (bicyclic) bond motifs is 1. The summed E-state index contributed by atoms with van der Waals surface area (Å²) in [6.45, 7) is 4.69. The van der Waals surface area contributed by atoms with Crippen LogP contribution in [0.15, 0.2) is 83.7 Å². The summed E-state index contributed by atoms with van der Waals surface area (Å²) in [7, 11) is 2.02. The van der Waals surface area contributed by atoms with Gasteiger partial charge in [-0.3, -0.25) is 9.59 Å². The van der Waals surface area contributed by atoms with E-state index in [1.165, 1.54) is 6.20 Å². The van der Waals surface area contributed by atoms with Crippen LogP contribution in [0.5, 0.6) is 0 Å². The third kappa shape index (κ3) is 4.82. The largest absolute Gasteiger partial charge is 0.467 e. The lowest BCUT2D eigenvalue weighted by molar-refractivity contribution is 0.0748. The van der Waals surface area contributed by atoms with E-state index in [1.54, 1.807) is 24.6 Å². The van der Waals surface area contributed by atoms with Crippen LogP contribution in [0, 0.1) is 6.92 Å². The van der Waals surface area contributed by atoms with E-state index in [0.717, 1.165) is 33.3 Å². The van der Waals surface area contributed by atoms with E-state index in [9.17, 15) is 9.59 Å². The monoisotopic (exact) mass is 534 g/mol. The van der Waals surface area contributed by atoms with Gasteiger partial charge in [0.25, 0.3) is 11.8 Å². The molecule has 2 amide bonds. The molecule has 0 atom stereocenters. The molecule has 0 aliphatic carbocycles. The molecule has 0 radical (unpaired) electrons. The summed E-state index contributed by atoms with van der Waals surface area (Å²) in [6.07, 6.45) is 4.66. The maximum atomic E-state index is 14.1. The smallest absolute Gasteiger partial charge is 0.271 e. The van der Waals surface area contributed by atoms with Gasteiger partial charge < -0.3 is 24.1 Å². The van der Waals surface area contributed by atoms with Gasteiger partial charge in [-0.1, -0.05) is 42.0 Å². The van der Waals surface area contributed by atoms with Crippen LogP contribution in [0.3, 0.4) is 0 Å². The Labute approximate surface area is 232 Å². The highest BCUT2D eigenvalue weighted by atomic mass is 16.3. The number of aromatic nitrogens is 3. The minimum atomic E-state index is -0.314. The molecule has 3 aromatic heterocycles. The van der Waals surface area contributed by atoms with E-state index < -0.39 is 0 Å². The van der Waals surface area contributed by atoms with Crippen molar-refractivity contribution in [3.05, 3.63) is 102 Å². The molecule has 0 spiro atoms. The molecule has 202 valence electrons. The number of piperazine rings is 1. The first-order valence-corrected chi connectivity index (χ1v) is 13.3. The maximum Gasteiger partial charge on any atom is 0.271 e. The van der Waals surface area contributed by atoms with Crippen LogP contribution in [0.25, 0.3) is 22.2 Å². The Morgan fingerprint density at radius 1 is 0.950 bits per heavy atom. The molecular weight excluding hydrogens is 504 g/mol. The molecule has 1 saturated heterocycles.